The Kier molecular flexibility index (Phi) is 4.46. The van der Waals surface area contributed by atoms with Crippen molar-refractivity contribution in [2.24, 2.45) is 11.8 Å². The molecule has 3 N–H and O–H groups in total. The quantitative estimate of drug-likeness (QED) is 0.647. The average Bonchev–Trinajstić information content (AvgIpc) is 2.97. The highest BCUT2D eigenvalue weighted by Crippen LogP contribution is 2.39. The van der Waals surface area contributed by atoms with Gasteiger partial charge in [0.05, 0.1) is 0 Å². The number of aryl methyl sites for hydroxylation is 1. The molecule has 0 spiro atoms. The summed E-state index contributed by atoms with van der Waals surface area (Å²) in [6, 6.07) is 6.59. The minimum Gasteiger partial charge on any atom is -0.300 e. The Morgan fingerprint density at radius 3 is 2.50 bits per heavy atom. The van der Waals surface area contributed by atoms with Gasteiger partial charge in [0.15, 0.2) is 0 Å². The van der Waals surface area contributed by atoms with Crippen molar-refractivity contribution < 1.29 is 0 Å². The minimum absolute atomic E-state index is 0.440. The fourth-order valence-corrected chi connectivity index (χ4v) is 5.10. The van der Waals surface area contributed by atoms with Gasteiger partial charge in [0.25, 0.3) is 0 Å². The molecule has 2 aliphatic rings. The summed E-state index contributed by atoms with van der Waals surface area (Å²) in [5, 5.41) is 0. The molecule has 3 rings (SSSR count). The minimum atomic E-state index is 0.440. The summed E-state index contributed by atoms with van der Waals surface area (Å²) < 4.78 is 0. The third-order valence-electron chi connectivity index (χ3n) is 5.40. The van der Waals surface area contributed by atoms with Crippen LogP contribution in [0.2, 0.25) is 0 Å². The smallest absolute Gasteiger partial charge is 0.0288 e. The van der Waals surface area contributed by atoms with Gasteiger partial charge in [-0.3, -0.25) is 11.3 Å². The van der Waals surface area contributed by atoms with E-state index in [0.29, 0.717) is 6.04 Å². The van der Waals surface area contributed by atoms with E-state index in [4.69, 9.17) is 5.84 Å². The molecule has 2 bridgehead atoms. The Morgan fingerprint density at radius 1 is 1.30 bits per heavy atom. The number of nitrogens with zero attached hydrogens (tertiary/aromatic N) is 1. The number of hydrogen-bond acceptors (Lipinski definition) is 4. The summed E-state index contributed by atoms with van der Waals surface area (Å²) in [4.78, 5) is 5.57. The van der Waals surface area contributed by atoms with Crippen molar-refractivity contribution in [2.75, 3.05) is 7.05 Å². The predicted molar refractivity (Wildman–Crippen MR) is 85.8 cm³/mol. The van der Waals surface area contributed by atoms with E-state index in [1.54, 1.807) is 0 Å². The molecule has 2 fully saturated rings. The molecule has 0 aliphatic carbocycles. The highest BCUT2D eigenvalue weighted by atomic mass is 32.1. The fraction of sp³-hybridized carbons (Fsp3) is 0.750. The lowest BCUT2D eigenvalue weighted by Crippen LogP contribution is -2.49. The second-order valence-corrected chi connectivity index (χ2v) is 7.73. The van der Waals surface area contributed by atoms with E-state index in [1.807, 2.05) is 11.3 Å². The van der Waals surface area contributed by atoms with Gasteiger partial charge in [0, 0.05) is 27.9 Å². The first-order chi connectivity index (χ1) is 9.71. The Hall–Kier alpha value is -0.420. The zero-order valence-corrected chi connectivity index (χ0v) is 13.5. The zero-order valence-electron chi connectivity index (χ0n) is 12.6. The average molecular weight is 293 g/mol. The van der Waals surface area contributed by atoms with Crippen LogP contribution in [0.3, 0.4) is 0 Å². The van der Waals surface area contributed by atoms with E-state index < -0.39 is 0 Å². The molecule has 2 aliphatic heterocycles. The molecule has 0 radical (unpaired) electrons. The Labute approximate surface area is 126 Å². The van der Waals surface area contributed by atoms with Crippen LogP contribution in [0.15, 0.2) is 12.1 Å². The summed E-state index contributed by atoms with van der Waals surface area (Å²) in [5.74, 6) is 6.61. The number of nitrogens with two attached hydrogens (primary N) is 1. The Bertz CT molecular complexity index is 431. The molecule has 0 amide bonds. The third-order valence-corrected chi connectivity index (χ3v) is 6.66. The van der Waals surface area contributed by atoms with Gasteiger partial charge in [-0.15, -0.1) is 11.3 Å². The van der Waals surface area contributed by atoms with Crippen molar-refractivity contribution in [1.82, 2.24) is 10.3 Å². The first-order valence-corrected chi connectivity index (χ1v) is 8.78. The summed E-state index contributed by atoms with van der Waals surface area (Å²) in [6.45, 7) is 2.23. The van der Waals surface area contributed by atoms with E-state index >= 15 is 0 Å². The number of rotatable bonds is 5. The highest BCUT2D eigenvalue weighted by Gasteiger charge is 2.40. The van der Waals surface area contributed by atoms with Gasteiger partial charge in [0.2, 0.25) is 0 Å². The van der Waals surface area contributed by atoms with Gasteiger partial charge in [0.1, 0.15) is 0 Å². The zero-order chi connectivity index (χ0) is 14.1. The van der Waals surface area contributed by atoms with Gasteiger partial charge in [-0.1, -0.05) is 6.92 Å². The summed E-state index contributed by atoms with van der Waals surface area (Å²) in [6.07, 6.45) is 7.63. The molecule has 3 unspecified atom stereocenters. The molecule has 20 heavy (non-hydrogen) atoms. The van der Waals surface area contributed by atoms with E-state index in [1.165, 1.54) is 35.4 Å². The number of hydrogen-bond donors (Lipinski definition) is 2. The van der Waals surface area contributed by atoms with Crippen molar-refractivity contribution >= 4 is 11.3 Å². The van der Waals surface area contributed by atoms with Gasteiger partial charge in [-0.05, 0) is 63.6 Å². The largest absolute Gasteiger partial charge is 0.300 e. The van der Waals surface area contributed by atoms with Crippen molar-refractivity contribution in [3.8, 4) is 0 Å². The summed E-state index contributed by atoms with van der Waals surface area (Å²) in [7, 11) is 2.30. The van der Waals surface area contributed by atoms with Crippen molar-refractivity contribution in [2.45, 2.75) is 63.6 Å². The lowest BCUT2D eigenvalue weighted by molar-refractivity contribution is 0.112. The molecule has 3 heterocycles. The van der Waals surface area contributed by atoms with E-state index in [9.17, 15) is 0 Å². The van der Waals surface area contributed by atoms with Crippen LogP contribution in [-0.4, -0.2) is 30.1 Å². The van der Waals surface area contributed by atoms with Crippen LogP contribution < -0.4 is 11.3 Å². The second kappa shape index (κ2) is 6.14. The van der Waals surface area contributed by atoms with Crippen LogP contribution in [0.25, 0.3) is 0 Å². The first-order valence-electron chi connectivity index (χ1n) is 7.97. The molecule has 2 saturated heterocycles. The fourth-order valence-electron chi connectivity index (χ4n) is 4.08. The normalized spacial score (nSPS) is 31.6. The van der Waals surface area contributed by atoms with Gasteiger partial charge < -0.3 is 4.90 Å². The molecule has 3 nitrogen and oxygen atoms in total. The molecule has 3 atom stereocenters. The predicted octanol–water partition coefficient (Wildman–Crippen LogP) is 2.56. The van der Waals surface area contributed by atoms with Crippen molar-refractivity contribution in [3.63, 3.8) is 0 Å². The number of thiophene rings is 1. The lowest BCUT2D eigenvalue weighted by Gasteiger charge is -2.39. The molecule has 1 aromatic heterocycles. The molecule has 4 heteroatoms. The number of piperidine rings is 1. The van der Waals surface area contributed by atoms with Crippen LogP contribution in [0.5, 0.6) is 0 Å². The van der Waals surface area contributed by atoms with Crippen molar-refractivity contribution in [1.29, 1.82) is 0 Å². The van der Waals surface area contributed by atoms with Gasteiger partial charge in [-0.25, -0.2) is 0 Å². The van der Waals surface area contributed by atoms with Gasteiger partial charge in [-0.2, -0.15) is 0 Å². The SMILES string of the molecule is CCc1ccc(CC(NN)C2CC3CCC(C2)N3C)s1. The molecule has 0 saturated carbocycles. The summed E-state index contributed by atoms with van der Waals surface area (Å²) in [5.41, 5.74) is 3.12. The van der Waals surface area contributed by atoms with Crippen molar-refractivity contribution in [3.05, 3.63) is 21.9 Å². The number of nitrogens with one attached hydrogen (secondary N) is 1. The molecular weight excluding hydrogens is 266 g/mol. The number of fused-ring (bicyclic) bond motifs is 2. The topological polar surface area (TPSA) is 41.3 Å². The number of hydrazine groups is 1. The molecular formula is C16H27N3S. The summed E-state index contributed by atoms with van der Waals surface area (Å²) >= 11 is 1.95. The third kappa shape index (κ3) is 2.80. The second-order valence-electron chi connectivity index (χ2n) is 6.48. The Balaban J connectivity index is 1.65. The maximum absolute atomic E-state index is 5.88. The first kappa shape index (κ1) is 14.5. The monoisotopic (exact) mass is 293 g/mol. The van der Waals surface area contributed by atoms with Crippen LogP contribution in [-0.2, 0) is 12.8 Å². The standard InChI is InChI=1S/C16H27N3S/c1-3-14-6-7-15(20-14)10-16(18-17)11-8-12-4-5-13(9-11)19(12)2/h6-7,11-13,16,18H,3-5,8-10,17H2,1-2H3. The highest BCUT2D eigenvalue weighted by molar-refractivity contribution is 7.11. The van der Waals surface area contributed by atoms with Crippen LogP contribution in [0.1, 0.15) is 42.4 Å². The van der Waals surface area contributed by atoms with E-state index in [-0.39, 0.29) is 0 Å². The lowest BCUT2D eigenvalue weighted by atomic mass is 9.84. The molecule has 0 aromatic carbocycles. The molecule has 1 aromatic rings. The van der Waals surface area contributed by atoms with Crippen LogP contribution in [0.4, 0.5) is 0 Å². The van der Waals surface area contributed by atoms with Crippen LogP contribution in [0, 0.1) is 5.92 Å². The Morgan fingerprint density at radius 2 is 1.95 bits per heavy atom. The van der Waals surface area contributed by atoms with Crippen LogP contribution >= 0.6 is 11.3 Å². The maximum atomic E-state index is 5.88. The maximum Gasteiger partial charge on any atom is 0.0288 e. The van der Waals surface area contributed by atoms with E-state index in [2.05, 4.69) is 36.4 Å². The van der Waals surface area contributed by atoms with E-state index in [0.717, 1.165) is 30.8 Å². The molecule has 112 valence electrons. The van der Waals surface area contributed by atoms with Gasteiger partial charge >= 0.3 is 0 Å².